The number of nitrogens with one attached hydrogen (secondary N) is 1. The van der Waals surface area contributed by atoms with E-state index in [9.17, 15) is 22.8 Å². The molecule has 3 aromatic rings. The number of anilines is 1. The zero-order chi connectivity index (χ0) is 21.9. The maximum atomic E-state index is 12.9. The lowest BCUT2D eigenvalue weighted by Crippen LogP contribution is -2.26. The molecule has 9 heteroatoms. The minimum absolute atomic E-state index is 0.0587. The summed E-state index contributed by atoms with van der Waals surface area (Å²) in [6.45, 7) is 3.39. The van der Waals surface area contributed by atoms with Gasteiger partial charge in [0.15, 0.2) is 0 Å². The van der Waals surface area contributed by atoms with Crippen LogP contribution in [0.3, 0.4) is 0 Å². The summed E-state index contributed by atoms with van der Waals surface area (Å²) in [6.07, 6.45) is -5.90. The number of esters is 1. The molecule has 1 amide bonds. The molecule has 2 aromatic carbocycles. The van der Waals surface area contributed by atoms with Crippen LogP contribution < -0.4 is 5.32 Å². The Morgan fingerprint density at radius 3 is 2.37 bits per heavy atom. The van der Waals surface area contributed by atoms with Crippen molar-refractivity contribution in [3.63, 3.8) is 0 Å². The van der Waals surface area contributed by atoms with E-state index in [1.165, 1.54) is 12.1 Å². The molecule has 1 N–H and O–H groups in total. The fraction of sp³-hybridized carbons (Fsp3) is 0.190. The lowest BCUT2D eigenvalue weighted by molar-refractivity contribution is -0.137. The van der Waals surface area contributed by atoms with E-state index in [2.05, 4.69) is 10.3 Å². The van der Waals surface area contributed by atoms with Gasteiger partial charge in [-0.2, -0.15) is 13.2 Å². The largest absolute Gasteiger partial charge is 0.443 e. The number of carbonyl (C=O) groups excluding carboxylic acids is 2. The molecule has 1 unspecified atom stereocenters. The predicted octanol–water partition coefficient (Wildman–Crippen LogP) is 5.32. The third-order valence-electron chi connectivity index (χ3n) is 4.11. The lowest BCUT2D eigenvalue weighted by atomic mass is 10.1. The Kier molecular flexibility index (Phi) is 6.21. The van der Waals surface area contributed by atoms with Gasteiger partial charge in [-0.1, -0.05) is 36.4 Å². The standard InChI is InChI=1S/C21H17F3N2O3S/c1-12-18(30-13(2)25-12)20(28)29-17(14-7-4-3-5-8-14)19(27)26-16-10-6-9-15(11-16)21(22,23)24/h3-11,17H,1-2H3,(H,26,27). The number of nitrogens with zero attached hydrogens (tertiary/aromatic N) is 1. The van der Waals surface area contributed by atoms with E-state index < -0.39 is 29.7 Å². The molecular weight excluding hydrogens is 417 g/mol. The summed E-state index contributed by atoms with van der Waals surface area (Å²) in [5.41, 5.74) is -0.0947. The number of aromatic nitrogens is 1. The van der Waals surface area contributed by atoms with Crippen molar-refractivity contribution < 1.29 is 27.5 Å². The average molecular weight is 434 g/mol. The number of amides is 1. The van der Waals surface area contributed by atoms with Crippen LogP contribution in [0.2, 0.25) is 0 Å². The number of rotatable bonds is 5. The Morgan fingerprint density at radius 2 is 1.77 bits per heavy atom. The highest BCUT2D eigenvalue weighted by atomic mass is 32.1. The van der Waals surface area contributed by atoms with Crippen LogP contribution in [0.5, 0.6) is 0 Å². The first kappa shape index (κ1) is 21.5. The Bertz CT molecular complexity index is 1060. The van der Waals surface area contributed by atoms with Crippen molar-refractivity contribution in [3.8, 4) is 0 Å². The first-order valence-corrected chi connectivity index (χ1v) is 9.65. The van der Waals surface area contributed by atoms with Crippen LogP contribution >= 0.6 is 11.3 Å². The molecule has 1 atom stereocenters. The van der Waals surface area contributed by atoms with Crippen LogP contribution in [0.1, 0.15) is 37.6 Å². The smallest absolute Gasteiger partial charge is 0.416 e. The third kappa shape index (κ3) is 5.04. The van der Waals surface area contributed by atoms with Crippen LogP contribution in [0.25, 0.3) is 0 Å². The van der Waals surface area contributed by atoms with Gasteiger partial charge >= 0.3 is 12.1 Å². The van der Waals surface area contributed by atoms with Crippen molar-refractivity contribution >= 4 is 28.9 Å². The molecule has 1 aromatic heterocycles. The maximum Gasteiger partial charge on any atom is 0.416 e. The summed E-state index contributed by atoms with van der Waals surface area (Å²) < 4.78 is 44.3. The van der Waals surface area contributed by atoms with Gasteiger partial charge in [-0.15, -0.1) is 11.3 Å². The normalized spacial score (nSPS) is 12.3. The van der Waals surface area contributed by atoms with Gasteiger partial charge in [0.2, 0.25) is 6.10 Å². The van der Waals surface area contributed by atoms with Crippen molar-refractivity contribution in [2.45, 2.75) is 26.1 Å². The summed E-state index contributed by atoms with van der Waals surface area (Å²) in [7, 11) is 0. The van der Waals surface area contributed by atoms with Crippen LogP contribution in [0.15, 0.2) is 54.6 Å². The molecule has 3 rings (SSSR count). The molecule has 0 aliphatic carbocycles. The summed E-state index contributed by atoms with van der Waals surface area (Å²) in [6, 6.07) is 12.5. The SMILES string of the molecule is Cc1nc(C)c(C(=O)OC(C(=O)Nc2cccc(C(F)(F)F)c2)c2ccccc2)s1. The van der Waals surface area contributed by atoms with E-state index in [1.54, 1.807) is 44.2 Å². The van der Waals surface area contributed by atoms with Gasteiger partial charge in [0.05, 0.1) is 16.3 Å². The number of alkyl halides is 3. The highest BCUT2D eigenvalue weighted by Crippen LogP contribution is 2.31. The van der Waals surface area contributed by atoms with Crippen molar-refractivity contribution in [2.24, 2.45) is 0 Å². The summed E-state index contributed by atoms with van der Waals surface area (Å²) in [5, 5.41) is 3.07. The molecule has 0 saturated heterocycles. The second kappa shape index (κ2) is 8.66. The van der Waals surface area contributed by atoms with Crippen LogP contribution in [-0.2, 0) is 15.7 Å². The Labute approximate surface area is 174 Å². The van der Waals surface area contributed by atoms with Gasteiger partial charge in [-0.05, 0) is 32.0 Å². The summed E-state index contributed by atoms with van der Waals surface area (Å²) in [4.78, 5) is 29.9. The van der Waals surface area contributed by atoms with E-state index in [0.717, 1.165) is 23.5 Å². The number of hydrogen-bond donors (Lipinski definition) is 1. The van der Waals surface area contributed by atoms with Crippen molar-refractivity contribution in [2.75, 3.05) is 5.32 Å². The van der Waals surface area contributed by atoms with Crippen LogP contribution in [0.4, 0.5) is 18.9 Å². The van der Waals surface area contributed by atoms with Crippen LogP contribution in [0, 0.1) is 13.8 Å². The molecule has 1 heterocycles. The monoisotopic (exact) mass is 434 g/mol. The highest BCUT2D eigenvalue weighted by molar-refractivity contribution is 7.13. The Morgan fingerprint density at radius 1 is 1.07 bits per heavy atom. The quantitative estimate of drug-likeness (QED) is 0.552. The number of benzene rings is 2. The van der Waals surface area contributed by atoms with E-state index >= 15 is 0 Å². The predicted molar refractivity (Wildman–Crippen MR) is 106 cm³/mol. The number of ether oxygens (including phenoxy) is 1. The molecular formula is C21H17F3N2O3S. The van der Waals surface area contributed by atoms with Gasteiger partial charge in [0.1, 0.15) is 4.88 Å². The van der Waals surface area contributed by atoms with E-state index in [4.69, 9.17) is 4.74 Å². The van der Waals surface area contributed by atoms with Gasteiger partial charge in [-0.3, -0.25) is 4.79 Å². The number of aryl methyl sites for hydroxylation is 2. The van der Waals surface area contributed by atoms with Gasteiger partial charge < -0.3 is 10.1 Å². The van der Waals surface area contributed by atoms with Crippen molar-refractivity contribution in [3.05, 3.63) is 81.3 Å². The Balaban J connectivity index is 1.87. The molecule has 0 fully saturated rings. The molecule has 0 bridgehead atoms. The summed E-state index contributed by atoms with van der Waals surface area (Å²) in [5.74, 6) is -1.50. The minimum atomic E-state index is -4.55. The zero-order valence-corrected chi connectivity index (χ0v) is 16.8. The second-order valence-corrected chi connectivity index (χ2v) is 7.61. The van der Waals surface area contributed by atoms with Crippen molar-refractivity contribution in [1.29, 1.82) is 0 Å². The van der Waals surface area contributed by atoms with Crippen LogP contribution in [-0.4, -0.2) is 16.9 Å². The molecule has 0 spiro atoms. The molecule has 0 radical (unpaired) electrons. The minimum Gasteiger partial charge on any atom is -0.443 e. The first-order valence-electron chi connectivity index (χ1n) is 8.83. The molecule has 5 nitrogen and oxygen atoms in total. The Hall–Kier alpha value is -3.20. The molecule has 30 heavy (non-hydrogen) atoms. The number of hydrogen-bond acceptors (Lipinski definition) is 5. The molecule has 0 aliphatic rings. The van der Waals surface area contributed by atoms with E-state index in [-0.39, 0.29) is 10.6 Å². The zero-order valence-electron chi connectivity index (χ0n) is 16.0. The van der Waals surface area contributed by atoms with Crippen molar-refractivity contribution in [1.82, 2.24) is 4.98 Å². The van der Waals surface area contributed by atoms with E-state index in [0.29, 0.717) is 16.3 Å². The lowest BCUT2D eigenvalue weighted by Gasteiger charge is -2.18. The highest BCUT2D eigenvalue weighted by Gasteiger charge is 2.31. The molecule has 0 saturated carbocycles. The first-order chi connectivity index (χ1) is 14.1. The fourth-order valence-electron chi connectivity index (χ4n) is 2.76. The number of thiazole rings is 1. The molecule has 156 valence electrons. The molecule has 0 aliphatic heterocycles. The fourth-order valence-corrected chi connectivity index (χ4v) is 3.57. The third-order valence-corrected chi connectivity index (χ3v) is 5.16. The summed E-state index contributed by atoms with van der Waals surface area (Å²) >= 11 is 1.14. The van der Waals surface area contributed by atoms with Gasteiger partial charge in [0.25, 0.3) is 5.91 Å². The number of halogens is 3. The van der Waals surface area contributed by atoms with E-state index in [1.807, 2.05) is 0 Å². The topological polar surface area (TPSA) is 68.3 Å². The second-order valence-electron chi connectivity index (χ2n) is 6.41. The van der Waals surface area contributed by atoms with Gasteiger partial charge in [-0.25, -0.2) is 9.78 Å². The average Bonchev–Trinajstić information content (AvgIpc) is 3.04. The maximum absolute atomic E-state index is 12.9. The number of carbonyl (C=O) groups is 2. The van der Waals surface area contributed by atoms with Gasteiger partial charge in [0, 0.05) is 11.3 Å².